The number of likely N-dealkylation sites (N-methyl/N-ethyl adjacent to an activating group) is 1. The van der Waals surface area contributed by atoms with Crippen molar-refractivity contribution >= 4 is 28.6 Å². The van der Waals surface area contributed by atoms with Crippen LogP contribution in [0.1, 0.15) is 15.4 Å². The van der Waals surface area contributed by atoms with Crippen molar-refractivity contribution in [2.75, 3.05) is 33.2 Å². The number of thiophene rings is 1. The average Bonchev–Trinajstić information content (AvgIpc) is 3.29. The zero-order chi connectivity index (χ0) is 19.0. The number of halogens is 1. The molecule has 0 saturated carbocycles. The first-order chi connectivity index (χ1) is 13.0. The van der Waals surface area contributed by atoms with Crippen LogP contribution in [-0.2, 0) is 0 Å². The summed E-state index contributed by atoms with van der Waals surface area (Å²) in [6.07, 6.45) is 0. The van der Waals surface area contributed by atoms with E-state index in [0.717, 1.165) is 34.1 Å². The molecule has 1 saturated heterocycles. The van der Waals surface area contributed by atoms with Gasteiger partial charge in [-0.15, -0.1) is 22.7 Å². The van der Waals surface area contributed by atoms with Crippen molar-refractivity contribution in [3.63, 3.8) is 0 Å². The van der Waals surface area contributed by atoms with Crippen LogP contribution in [0, 0.1) is 12.7 Å². The van der Waals surface area contributed by atoms with Crippen molar-refractivity contribution in [3.8, 4) is 21.0 Å². The van der Waals surface area contributed by atoms with Crippen LogP contribution in [0.15, 0.2) is 35.7 Å². The summed E-state index contributed by atoms with van der Waals surface area (Å²) in [6.45, 7) is 5.23. The number of thiazole rings is 1. The van der Waals surface area contributed by atoms with Crippen LogP contribution in [0.2, 0.25) is 0 Å². The summed E-state index contributed by atoms with van der Waals surface area (Å²) in [5.74, 6) is -0.299. The molecule has 1 amide bonds. The van der Waals surface area contributed by atoms with Gasteiger partial charge in [0.05, 0.1) is 10.6 Å². The van der Waals surface area contributed by atoms with Gasteiger partial charge in [0.2, 0.25) is 0 Å². The number of amides is 1. The molecule has 1 aliphatic rings. The lowest BCUT2D eigenvalue weighted by atomic mass is 10.1. The third kappa shape index (κ3) is 3.81. The van der Waals surface area contributed by atoms with Gasteiger partial charge in [0.25, 0.3) is 5.91 Å². The van der Waals surface area contributed by atoms with E-state index in [4.69, 9.17) is 0 Å². The molecule has 3 heterocycles. The summed E-state index contributed by atoms with van der Waals surface area (Å²) in [5, 5.41) is 2.59. The smallest absolute Gasteiger partial charge is 0.282 e. The van der Waals surface area contributed by atoms with E-state index < -0.39 is 0 Å². The van der Waals surface area contributed by atoms with Gasteiger partial charge in [-0.3, -0.25) is 4.79 Å². The Kier molecular flexibility index (Phi) is 5.08. The van der Waals surface area contributed by atoms with Gasteiger partial charge in [-0.05, 0) is 55.2 Å². The fourth-order valence-corrected chi connectivity index (χ4v) is 5.15. The normalized spacial score (nSPS) is 15.3. The molecule has 1 fully saturated rings. The highest BCUT2D eigenvalue weighted by atomic mass is 32.1. The van der Waals surface area contributed by atoms with Crippen molar-refractivity contribution in [1.82, 2.24) is 14.8 Å². The monoisotopic (exact) mass is 401 g/mol. The van der Waals surface area contributed by atoms with Crippen molar-refractivity contribution < 1.29 is 9.18 Å². The molecule has 3 aromatic rings. The van der Waals surface area contributed by atoms with Gasteiger partial charge in [-0.1, -0.05) is 0 Å². The van der Waals surface area contributed by atoms with Gasteiger partial charge < -0.3 is 9.80 Å². The second-order valence-electron chi connectivity index (χ2n) is 6.79. The van der Waals surface area contributed by atoms with Gasteiger partial charge in [0, 0.05) is 36.6 Å². The predicted molar refractivity (Wildman–Crippen MR) is 109 cm³/mol. The molecular weight excluding hydrogens is 381 g/mol. The molecule has 0 N–H and O–H groups in total. The Balaban J connectivity index is 1.73. The Bertz CT molecular complexity index is 956. The maximum Gasteiger partial charge on any atom is 0.282 e. The minimum absolute atomic E-state index is 0.0176. The Labute approximate surface area is 165 Å². The molecule has 2 aromatic heterocycles. The van der Waals surface area contributed by atoms with E-state index >= 15 is 0 Å². The van der Waals surface area contributed by atoms with Crippen LogP contribution in [0.5, 0.6) is 0 Å². The van der Waals surface area contributed by atoms with Gasteiger partial charge in [0.1, 0.15) is 5.82 Å². The molecule has 0 aliphatic carbocycles. The van der Waals surface area contributed by atoms with Crippen LogP contribution in [0.4, 0.5) is 4.39 Å². The number of hydrogen-bond acceptors (Lipinski definition) is 5. The van der Waals surface area contributed by atoms with Crippen LogP contribution >= 0.6 is 22.7 Å². The van der Waals surface area contributed by atoms with E-state index in [1.165, 1.54) is 29.0 Å². The molecule has 4 rings (SSSR count). The van der Waals surface area contributed by atoms with Crippen molar-refractivity contribution in [1.29, 1.82) is 0 Å². The minimum atomic E-state index is -0.281. The summed E-state index contributed by atoms with van der Waals surface area (Å²) < 4.78 is 13.4. The number of aryl methyl sites for hydroxylation is 1. The number of hydrogen-bond donors (Lipinski definition) is 0. The maximum absolute atomic E-state index is 13.4. The molecule has 4 nitrogen and oxygen atoms in total. The third-order valence-electron chi connectivity index (χ3n) is 4.67. The summed E-state index contributed by atoms with van der Waals surface area (Å²) in [4.78, 5) is 23.8. The Morgan fingerprint density at radius 2 is 1.85 bits per heavy atom. The zero-order valence-electron chi connectivity index (χ0n) is 15.2. The molecule has 1 aliphatic heterocycles. The number of carbonyl (C=O) groups is 1. The second kappa shape index (κ2) is 7.50. The highest BCUT2D eigenvalue weighted by molar-refractivity contribution is 7.22. The summed E-state index contributed by atoms with van der Waals surface area (Å²) in [7, 11) is 2.06. The largest absolute Gasteiger partial charge is 0.334 e. The highest BCUT2D eigenvalue weighted by Gasteiger charge is 2.26. The second-order valence-corrected chi connectivity index (χ2v) is 8.70. The van der Waals surface area contributed by atoms with Crippen LogP contribution < -0.4 is 0 Å². The van der Waals surface area contributed by atoms with E-state index in [1.54, 1.807) is 23.5 Å². The number of rotatable bonds is 3. The molecular formula is C20H20FN3OS2. The molecule has 140 valence electrons. The molecule has 0 bridgehead atoms. The van der Waals surface area contributed by atoms with Crippen LogP contribution in [-0.4, -0.2) is 53.9 Å². The topological polar surface area (TPSA) is 36.4 Å². The molecule has 0 atom stereocenters. The predicted octanol–water partition coefficient (Wildman–Crippen LogP) is 4.37. The summed E-state index contributed by atoms with van der Waals surface area (Å²) in [6, 6.07) is 8.41. The maximum atomic E-state index is 13.4. The van der Waals surface area contributed by atoms with E-state index in [0.29, 0.717) is 18.1 Å². The number of carbonyl (C=O) groups excluding carboxylic acids is 1. The molecule has 0 unspecified atom stereocenters. The van der Waals surface area contributed by atoms with Gasteiger partial charge in [-0.25, -0.2) is 9.37 Å². The first-order valence-electron chi connectivity index (χ1n) is 8.81. The van der Waals surface area contributed by atoms with Crippen LogP contribution in [0.3, 0.4) is 0 Å². The standard InChI is InChI=1S/C20H20FN3OS2/c1-13-11-16(26-12-13)18-17(14-3-5-15(21)6-4-14)22-19(27-18)20(25)24-9-7-23(2)8-10-24/h3-6,11-12H,7-10H2,1-2H3. The van der Waals surface area contributed by atoms with Crippen molar-refractivity contribution in [2.24, 2.45) is 0 Å². The quantitative estimate of drug-likeness (QED) is 0.654. The average molecular weight is 402 g/mol. The van der Waals surface area contributed by atoms with Crippen molar-refractivity contribution in [2.45, 2.75) is 6.92 Å². The first kappa shape index (κ1) is 18.3. The Hall–Kier alpha value is -2.09. The Morgan fingerprint density at radius 3 is 2.48 bits per heavy atom. The Morgan fingerprint density at radius 1 is 1.15 bits per heavy atom. The fourth-order valence-electron chi connectivity index (χ4n) is 3.08. The zero-order valence-corrected chi connectivity index (χ0v) is 16.9. The van der Waals surface area contributed by atoms with Gasteiger partial charge >= 0.3 is 0 Å². The molecule has 0 spiro atoms. The number of aromatic nitrogens is 1. The van der Waals surface area contributed by atoms with Gasteiger partial charge in [0.15, 0.2) is 5.01 Å². The number of benzene rings is 1. The van der Waals surface area contributed by atoms with E-state index in [9.17, 15) is 9.18 Å². The lowest BCUT2D eigenvalue weighted by Crippen LogP contribution is -2.47. The fraction of sp³-hybridized carbons (Fsp3) is 0.300. The van der Waals surface area contributed by atoms with Crippen molar-refractivity contribution in [3.05, 3.63) is 52.1 Å². The van der Waals surface area contributed by atoms with E-state index in [2.05, 4.69) is 35.3 Å². The molecule has 27 heavy (non-hydrogen) atoms. The summed E-state index contributed by atoms with van der Waals surface area (Å²) in [5.41, 5.74) is 2.76. The SMILES string of the molecule is Cc1csc(-c2sc(C(=O)N3CCN(C)CC3)nc2-c2ccc(F)cc2)c1. The minimum Gasteiger partial charge on any atom is -0.334 e. The lowest BCUT2D eigenvalue weighted by molar-refractivity contribution is 0.0664. The number of nitrogens with zero attached hydrogens (tertiary/aromatic N) is 3. The summed E-state index contributed by atoms with van der Waals surface area (Å²) >= 11 is 3.07. The van der Waals surface area contributed by atoms with Crippen LogP contribution in [0.25, 0.3) is 21.0 Å². The van der Waals surface area contributed by atoms with Gasteiger partial charge in [-0.2, -0.15) is 0 Å². The van der Waals surface area contributed by atoms with E-state index in [-0.39, 0.29) is 11.7 Å². The molecule has 7 heteroatoms. The number of piperazine rings is 1. The molecule has 0 radical (unpaired) electrons. The third-order valence-corrected chi connectivity index (χ3v) is 6.94. The first-order valence-corrected chi connectivity index (χ1v) is 10.5. The lowest BCUT2D eigenvalue weighted by Gasteiger charge is -2.31. The molecule has 1 aromatic carbocycles. The highest BCUT2D eigenvalue weighted by Crippen LogP contribution is 2.40. The van der Waals surface area contributed by atoms with E-state index in [1.807, 2.05) is 4.90 Å².